The number of hydrogen-bond acceptors (Lipinski definition) is 2. The Hall–Kier alpha value is -3.72. The number of alkyl halides is 5. The first kappa shape index (κ1) is 27.9. The fourth-order valence-electron chi connectivity index (χ4n) is 3.34. The number of halogens is 7. The highest BCUT2D eigenvalue weighted by atomic mass is 79.9. The Morgan fingerprint density at radius 1 is 0.622 bits per heavy atom. The van der Waals surface area contributed by atoms with Crippen LogP contribution in [0.3, 0.4) is 0 Å². The number of rotatable bonds is 6. The van der Waals surface area contributed by atoms with Gasteiger partial charge in [-0.25, -0.2) is 17.6 Å². The Bertz CT molecular complexity index is 1380. The maximum atomic E-state index is 13.4. The van der Waals surface area contributed by atoms with Gasteiger partial charge in [0.25, 0.3) is 6.43 Å². The molecule has 37 heavy (non-hydrogen) atoms. The van der Waals surface area contributed by atoms with Gasteiger partial charge in [-0.1, -0.05) is 48.5 Å². The molecule has 0 saturated heterocycles. The maximum absolute atomic E-state index is 13.4. The minimum Gasteiger partial charge on any atom is -0.289 e. The van der Waals surface area contributed by atoms with Gasteiger partial charge >= 0.3 is 4.83 Å². The van der Waals surface area contributed by atoms with Crippen LogP contribution in [0.4, 0.5) is 26.3 Å². The van der Waals surface area contributed by atoms with Crippen molar-refractivity contribution in [3.63, 3.8) is 0 Å². The van der Waals surface area contributed by atoms with E-state index in [1.165, 1.54) is 72.8 Å². The molecule has 0 fully saturated rings. The highest BCUT2D eigenvalue weighted by Crippen LogP contribution is 2.37. The second kappa shape index (κ2) is 12.0. The molecular formula is C28H17BrF6O2. The van der Waals surface area contributed by atoms with Crippen LogP contribution in [0.15, 0.2) is 97.1 Å². The van der Waals surface area contributed by atoms with Gasteiger partial charge in [0, 0.05) is 33.4 Å². The van der Waals surface area contributed by atoms with Gasteiger partial charge in [-0.2, -0.15) is 8.78 Å². The lowest BCUT2D eigenvalue weighted by molar-refractivity contribution is 0.0986. The zero-order chi connectivity index (χ0) is 27.2. The molecule has 2 nitrogen and oxygen atoms in total. The summed E-state index contributed by atoms with van der Waals surface area (Å²) in [5.41, 5.74) is -0.554. The van der Waals surface area contributed by atoms with E-state index in [4.69, 9.17) is 0 Å². The van der Waals surface area contributed by atoms with E-state index in [2.05, 4.69) is 15.9 Å². The number of carbonyl (C=O) groups is 2. The van der Waals surface area contributed by atoms with Gasteiger partial charge in [0.15, 0.2) is 11.6 Å². The van der Waals surface area contributed by atoms with Crippen LogP contribution in [0, 0.1) is 11.6 Å². The third-order valence-corrected chi connectivity index (χ3v) is 5.56. The van der Waals surface area contributed by atoms with E-state index < -0.39 is 40.0 Å². The van der Waals surface area contributed by atoms with E-state index in [0.717, 1.165) is 24.3 Å². The monoisotopic (exact) mass is 578 g/mol. The van der Waals surface area contributed by atoms with Gasteiger partial charge in [0.1, 0.15) is 11.6 Å². The summed E-state index contributed by atoms with van der Waals surface area (Å²) in [5, 5.41) is 0. The number of hydrogen-bond donors (Lipinski definition) is 0. The fourth-order valence-corrected chi connectivity index (χ4v) is 3.68. The average Bonchev–Trinajstić information content (AvgIpc) is 2.88. The van der Waals surface area contributed by atoms with E-state index >= 15 is 0 Å². The van der Waals surface area contributed by atoms with E-state index in [1.807, 2.05) is 0 Å². The molecule has 0 aliphatic rings. The maximum Gasteiger partial charge on any atom is 0.327 e. The van der Waals surface area contributed by atoms with Gasteiger partial charge in [-0.05, 0) is 64.5 Å². The molecule has 0 unspecified atom stereocenters. The molecule has 190 valence electrons. The third kappa shape index (κ3) is 7.16. The van der Waals surface area contributed by atoms with E-state index in [-0.39, 0.29) is 27.8 Å². The van der Waals surface area contributed by atoms with Crippen LogP contribution in [-0.2, 0) is 4.83 Å². The standard InChI is InChI=1S/C14H8BrF3O.C14H9F3O/c15-14(17,18)12-4-2-1-3-11(12)13(19)9-5-7-10(16)8-6-9;15-10-7-5-9(6-8-10)13(18)11-3-1-2-4-12(11)14(16)17/h1-8H;1-8,14H. The number of benzene rings is 4. The molecule has 0 heterocycles. The summed E-state index contributed by atoms with van der Waals surface area (Å²) in [4.78, 5) is 20.9. The Labute approximate surface area is 216 Å². The van der Waals surface area contributed by atoms with E-state index in [9.17, 15) is 35.9 Å². The Morgan fingerprint density at radius 2 is 1.03 bits per heavy atom. The minimum absolute atomic E-state index is 0.0564. The molecule has 0 saturated carbocycles. The van der Waals surface area contributed by atoms with Crippen molar-refractivity contribution in [1.82, 2.24) is 0 Å². The molecular weight excluding hydrogens is 562 g/mol. The highest BCUT2D eigenvalue weighted by molar-refractivity contribution is 9.09. The predicted molar refractivity (Wildman–Crippen MR) is 130 cm³/mol. The van der Waals surface area contributed by atoms with E-state index in [1.54, 1.807) is 0 Å². The zero-order valence-electron chi connectivity index (χ0n) is 18.8. The molecule has 0 atom stereocenters. The summed E-state index contributed by atoms with van der Waals surface area (Å²) in [7, 11) is 0. The van der Waals surface area contributed by atoms with Crippen molar-refractivity contribution < 1.29 is 35.9 Å². The Morgan fingerprint density at radius 3 is 1.49 bits per heavy atom. The second-order valence-electron chi connectivity index (χ2n) is 7.60. The molecule has 0 bridgehead atoms. The first-order valence-electron chi connectivity index (χ1n) is 10.6. The lowest BCUT2D eigenvalue weighted by Crippen LogP contribution is -2.12. The van der Waals surface area contributed by atoms with Crippen molar-refractivity contribution in [1.29, 1.82) is 0 Å². The Balaban J connectivity index is 0.000000206. The van der Waals surface area contributed by atoms with Crippen LogP contribution >= 0.6 is 15.9 Å². The van der Waals surface area contributed by atoms with Gasteiger partial charge < -0.3 is 0 Å². The van der Waals surface area contributed by atoms with Crippen molar-refractivity contribution in [2.45, 2.75) is 11.3 Å². The molecule has 0 spiro atoms. The normalized spacial score (nSPS) is 11.0. The van der Waals surface area contributed by atoms with Crippen LogP contribution in [0.2, 0.25) is 0 Å². The molecule has 0 radical (unpaired) electrons. The highest BCUT2D eigenvalue weighted by Gasteiger charge is 2.32. The summed E-state index contributed by atoms with van der Waals surface area (Å²) in [5.74, 6) is -2.08. The topological polar surface area (TPSA) is 34.1 Å². The van der Waals surface area contributed by atoms with Crippen molar-refractivity contribution >= 4 is 27.5 Å². The fraction of sp³-hybridized carbons (Fsp3) is 0.0714. The smallest absolute Gasteiger partial charge is 0.289 e. The molecule has 9 heteroatoms. The first-order chi connectivity index (χ1) is 17.5. The predicted octanol–water partition coefficient (Wildman–Crippen LogP) is 8.50. The second-order valence-corrected chi connectivity index (χ2v) is 8.60. The summed E-state index contributed by atoms with van der Waals surface area (Å²) in [6, 6.07) is 20.5. The van der Waals surface area contributed by atoms with Gasteiger partial charge in [0.05, 0.1) is 0 Å². The molecule has 4 aromatic rings. The van der Waals surface area contributed by atoms with Crippen molar-refractivity contribution in [2.75, 3.05) is 0 Å². The summed E-state index contributed by atoms with van der Waals surface area (Å²) in [6.07, 6.45) is -2.72. The number of ketones is 2. The van der Waals surface area contributed by atoms with Crippen LogP contribution in [0.1, 0.15) is 49.4 Å². The lowest BCUT2D eigenvalue weighted by Gasteiger charge is -2.13. The van der Waals surface area contributed by atoms with Crippen LogP contribution in [0.5, 0.6) is 0 Å². The largest absolute Gasteiger partial charge is 0.327 e. The van der Waals surface area contributed by atoms with Crippen LogP contribution < -0.4 is 0 Å². The first-order valence-corrected chi connectivity index (χ1v) is 11.4. The summed E-state index contributed by atoms with van der Waals surface area (Å²) >= 11 is 2.24. The van der Waals surface area contributed by atoms with Gasteiger partial charge in [-0.15, -0.1) is 0 Å². The van der Waals surface area contributed by atoms with Gasteiger partial charge in [0.2, 0.25) is 0 Å². The van der Waals surface area contributed by atoms with Crippen LogP contribution in [-0.4, -0.2) is 11.6 Å². The lowest BCUT2D eigenvalue weighted by atomic mass is 9.98. The van der Waals surface area contributed by atoms with Gasteiger partial charge in [-0.3, -0.25) is 9.59 Å². The third-order valence-electron chi connectivity index (χ3n) is 5.13. The van der Waals surface area contributed by atoms with Crippen LogP contribution in [0.25, 0.3) is 0 Å². The van der Waals surface area contributed by atoms with Crippen molar-refractivity contribution in [2.24, 2.45) is 0 Å². The molecule has 0 aliphatic carbocycles. The summed E-state index contributed by atoms with van der Waals surface area (Å²) < 4.78 is 77.7. The molecule has 0 N–H and O–H groups in total. The minimum atomic E-state index is -3.29. The summed E-state index contributed by atoms with van der Waals surface area (Å²) in [6.45, 7) is 0. The zero-order valence-corrected chi connectivity index (χ0v) is 20.4. The van der Waals surface area contributed by atoms with Crippen molar-refractivity contribution in [3.8, 4) is 0 Å². The molecule has 0 aliphatic heterocycles. The SMILES string of the molecule is O=C(c1ccc(F)cc1)c1ccccc1C(F)(F)Br.O=C(c1ccc(F)cc1)c1ccccc1C(F)F. The van der Waals surface area contributed by atoms with E-state index in [0.29, 0.717) is 0 Å². The molecule has 0 amide bonds. The molecule has 4 rings (SSSR count). The molecule has 0 aromatic heterocycles. The average molecular weight is 579 g/mol. The van der Waals surface area contributed by atoms with Crippen molar-refractivity contribution in [3.05, 3.63) is 142 Å². The number of carbonyl (C=O) groups excluding carboxylic acids is 2. The molecule has 4 aromatic carbocycles. The quantitative estimate of drug-likeness (QED) is 0.130. The Kier molecular flexibility index (Phi) is 9.04.